The molecule has 0 aromatic carbocycles. The molecule has 2 aliphatic rings. The van der Waals surface area contributed by atoms with Crippen LogP contribution in [0.1, 0.15) is 4.88 Å². The predicted octanol–water partition coefficient (Wildman–Crippen LogP) is 0.788. The minimum atomic E-state index is -0.746. The van der Waals surface area contributed by atoms with Crippen LogP contribution in [0.2, 0.25) is 0 Å². The number of ether oxygens (including phenoxy) is 1. The summed E-state index contributed by atoms with van der Waals surface area (Å²) in [5, 5.41) is 4.43. The van der Waals surface area contributed by atoms with Gasteiger partial charge in [-0.1, -0.05) is 12.6 Å². The molecule has 3 atom stereocenters. The zero-order chi connectivity index (χ0) is 16.6. The molecule has 2 aliphatic heterocycles. The quantitative estimate of drug-likeness (QED) is 0.493. The van der Waals surface area contributed by atoms with Crippen LogP contribution < -0.4 is 5.32 Å². The molecule has 122 valence electrons. The number of amides is 2. The monoisotopic (exact) mass is 352 g/mol. The van der Waals surface area contributed by atoms with E-state index in [1.807, 2.05) is 17.5 Å². The van der Waals surface area contributed by atoms with Gasteiger partial charge in [0.05, 0.1) is 13.5 Å². The van der Waals surface area contributed by atoms with Crippen molar-refractivity contribution in [3.05, 3.63) is 34.5 Å². The van der Waals surface area contributed by atoms with Crippen LogP contribution in [0, 0.1) is 0 Å². The van der Waals surface area contributed by atoms with E-state index in [1.165, 1.54) is 35.1 Å². The Hall–Kier alpha value is -1.80. The Morgan fingerprint density at radius 2 is 2.30 bits per heavy atom. The van der Waals surface area contributed by atoms with Gasteiger partial charge in [0.25, 0.3) is 0 Å². The van der Waals surface area contributed by atoms with E-state index in [4.69, 9.17) is 4.74 Å². The molecule has 1 aromatic heterocycles. The minimum absolute atomic E-state index is 0.190. The number of thiophene rings is 1. The Kier molecular flexibility index (Phi) is 4.45. The lowest BCUT2D eigenvalue weighted by atomic mass is 9.98. The van der Waals surface area contributed by atoms with Crippen molar-refractivity contribution in [2.75, 3.05) is 12.9 Å². The smallest absolute Gasteiger partial charge is 0.332 e. The molecule has 1 aromatic rings. The second kappa shape index (κ2) is 6.37. The van der Waals surface area contributed by atoms with Crippen molar-refractivity contribution >= 4 is 40.9 Å². The molecule has 0 spiro atoms. The topological polar surface area (TPSA) is 75.7 Å². The SMILES string of the molecule is C=C1CS[C@H]2C(NC(=O)Cc3cccs3)C(=O)N2C1C(=O)OC. The second-order valence-corrected chi connectivity index (χ2v) is 7.47. The molecule has 3 rings (SSSR count). The average Bonchev–Trinajstić information content (AvgIpc) is 3.04. The fourth-order valence-corrected chi connectivity index (χ4v) is 4.74. The molecule has 0 saturated carbocycles. The molecular weight excluding hydrogens is 336 g/mol. The molecule has 3 heterocycles. The minimum Gasteiger partial charge on any atom is -0.467 e. The molecule has 2 unspecified atom stereocenters. The Morgan fingerprint density at radius 1 is 1.52 bits per heavy atom. The van der Waals surface area contributed by atoms with Crippen LogP contribution in [0.25, 0.3) is 0 Å². The fourth-order valence-electron chi connectivity index (χ4n) is 2.73. The fraction of sp³-hybridized carbons (Fsp3) is 0.400. The number of β-lactam (4-membered cyclic amide) rings is 1. The summed E-state index contributed by atoms with van der Waals surface area (Å²) in [5.41, 5.74) is 0.648. The zero-order valence-corrected chi connectivity index (χ0v) is 14.1. The Bertz CT molecular complexity index is 650. The van der Waals surface area contributed by atoms with Gasteiger partial charge in [-0.15, -0.1) is 23.1 Å². The number of esters is 1. The molecule has 0 radical (unpaired) electrons. The molecule has 0 bridgehead atoms. The third kappa shape index (κ3) is 2.88. The number of nitrogens with zero attached hydrogens (tertiary/aromatic N) is 1. The first kappa shape index (κ1) is 16.1. The molecule has 1 N–H and O–H groups in total. The van der Waals surface area contributed by atoms with E-state index in [2.05, 4.69) is 11.9 Å². The van der Waals surface area contributed by atoms with Gasteiger partial charge in [-0.3, -0.25) is 9.59 Å². The maximum Gasteiger partial charge on any atom is 0.332 e. The normalized spacial score (nSPS) is 26.3. The summed E-state index contributed by atoms with van der Waals surface area (Å²) in [6.45, 7) is 3.85. The van der Waals surface area contributed by atoms with Gasteiger partial charge in [0.15, 0.2) is 6.04 Å². The summed E-state index contributed by atoms with van der Waals surface area (Å²) in [7, 11) is 1.29. The van der Waals surface area contributed by atoms with E-state index in [0.717, 1.165) is 4.88 Å². The highest BCUT2D eigenvalue weighted by Gasteiger charge is 2.56. The van der Waals surface area contributed by atoms with Crippen molar-refractivity contribution in [3.63, 3.8) is 0 Å². The number of nitrogens with one attached hydrogen (secondary N) is 1. The predicted molar refractivity (Wildman–Crippen MR) is 88.0 cm³/mol. The van der Waals surface area contributed by atoms with E-state index >= 15 is 0 Å². The number of carbonyl (C=O) groups excluding carboxylic acids is 3. The molecular formula is C15H16N2O4S2. The number of hydrogen-bond donors (Lipinski definition) is 1. The Balaban J connectivity index is 1.66. The number of rotatable bonds is 4. The number of thioether (sulfide) groups is 1. The summed E-state index contributed by atoms with van der Waals surface area (Å²) < 4.78 is 4.76. The lowest BCUT2D eigenvalue weighted by molar-refractivity contribution is -0.161. The third-order valence-electron chi connectivity index (χ3n) is 3.84. The molecule has 2 amide bonds. The maximum absolute atomic E-state index is 12.4. The van der Waals surface area contributed by atoms with Gasteiger partial charge >= 0.3 is 5.97 Å². The summed E-state index contributed by atoms with van der Waals surface area (Å²) in [5.74, 6) is -0.383. The first-order valence-electron chi connectivity index (χ1n) is 7.04. The van der Waals surface area contributed by atoms with E-state index in [9.17, 15) is 14.4 Å². The van der Waals surface area contributed by atoms with Gasteiger partial charge in [-0.25, -0.2) is 4.79 Å². The van der Waals surface area contributed by atoms with Gasteiger partial charge in [0.1, 0.15) is 11.4 Å². The van der Waals surface area contributed by atoms with Crippen LogP contribution in [0.5, 0.6) is 0 Å². The van der Waals surface area contributed by atoms with Crippen LogP contribution in [0.3, 0.4) is 0 Å². The first-order valence-corrected chi connectivity index (χ1v) is 8.96. The Labute approximate surface area is 141 Å². The standard InChI is InChI=1S/C15H16N2O4S2/c1-8-7-23-14-11(13(19)17(14)12(8)15(20)21-2)16-10(18)6-9-4-3-5-22-9/h3-5,11-12,14H,1,6-7H2,2H3,(H,16,18)/t11?,12?,14-/m0/s1. The van der Waals surface area contributed by atoms with E-state index < -0.39 is 18.1 Å². The van der Waals surface area contributed by atoms with Gasteiger partial charge in [0, 0.05) is 10.6 Å². The van der Waals surface area contributed by atoms with Crippen LogP contribution in [-0.4, -0.2) is 53.0 Å². The van der Waals surface area contributed by atoms with Crippen molar-refractivity contribution in [1.82, 2.24) is 10.2 Å². The van der Waals surface area contributed by atoms with E-state index in [1.54, 1.807) is 0 Å². The summed E-state index contributed by atoms with van der Waals surface area (Å²) in [6, 6.07) is 2.43. The number of hydrogen-bond acceptors (Lipinski definition) is 6. The van der Waals surface area contributed by atoms with Crippen LogP contribution in [-0.2, 0) is 25.5 Å². The molecule has 6 nitrogen and oxygen atoms in total. The summed E-state index contributed by atoms with van der Waals surface area (Å²) in [4.78, 5) is 38.7. The highest BCUT2D eigenvalue weighted by molar-refractivity contribution is 8.00. The van der Waals surface area contributed by atoms with Crippen molar-refractivity contribution in [2.24, 2.45) is 0 Å². The van der Waals surface area contributed by atoms with Crippen molar-refractivity contribution in [1.29, 1.82) is 0 Å². The van der Waals surface area contributed by atoms with Crippen molar-refractivity contribution in [3.8, 4) is 0 Å². The third-order valence-corrected chi connectivity index (χ3v) is 6.09. The highest BCUT2D eigenvalue weighted by atomic mass is 32.2. The summed E-state index contributed by atoms with van der Waals surface area (Å²) in [6.07, 6.45) is 0.256. The van der Waals surface area contributed by atoms with Crippen molar-refractivity contribution < 1.29 is 19.1 Å². The van der Waals surface area contributed by atoms with Gasteiger partial charge < -0.3 is 15.0 Å². The number of fused-ring (bicyclic) bond motifs is 1. The van der Waals surface area contributed by atoms with Gasteiger partial charge in [-0.05, 0) is 17.0 Å². The van der Waals surface area contributed by atoms with Crippen LogP contribution in [0.15, 0.2) is 29.7 Å². The lowest BCUT2D eigenvalue weighted by Gasteiger charge is -2.52. The molecule has 23 heavy (non-hydrogen) atoms. The van der Waals surface area contributed by atoms with E-state index in [-0.39, 0.29) is 23.6 Å². The summed E-state index contributed by atoms with van der Waals surface area (Å²) >= 11 is 3.00. The van der Waals surface area contributed by atoms with Gasteiger partial charge in [-0.2, -0.15) is 0 Å². The maximum atomic E-state index is 12.4. The molecule has 2 fully saturated rings. The van der Waals surface area contributed by atoms with E-state index in [0.29, 0.717) is 11.3 Å². The molecule has 0 aliphatic carbocycles. The van der Waals surface area contributed by atoms with Crippen LogP contribution >= 0.6 is 23.1 Å². The number of methoxy groups -OCH3 is 1. The van der Waals surface area contributed by atoms with Gasteiger partial charge in [0.2, 0.25) is 11.8 Å². The average molecular weight is 352 g/mol. The molecule has 8 heteroatoms. The highest BCUT2D eigenvalue weighted by Crippen LogP contribution is 2.40. The van der Waals surface area contributed by atoms with Crippen LogP contribution in [0.4, 0.5) is 0 Å². The largest absolute Gasteiger partial charge is 0.467 e. The lowest BCUT2D eigenvalue weighted by Crippen LogP contribution is -2.74. The molecule has 2 saturated heterocycles. The Morgan fingerprint density at radius 3 is 2.96 bits per heavy atom. The first-order chi connectivity index (χ1) is 11.0. The number of carbonyl (C=O) groups is 3. The zero-order valence-electron chi connectivity index (χ0n) is 12.5. The van der Waals surface area contributed by atoms with Crippen molar-refractivity contribution in [2.45, 2.75) is 23.9 Å². The second-order valence-electron chi connectivity index (χ2n) is 5.33.